The Balaban J connectivity index is 1.86. The zero-order valence-electron chi connectivity index (χ0n) is 11.2. The first-order chi connectivity index (χ1) is 8.61. The predicted molar refractivity (Wildman–Crippen MR) is 69.0 cm³/mol. The maximum absolute atomic E-state index is 12.1. The molecule has 5 heteroatoms. The van der Waals surface area contributed by atoms with Crippen molar-refractivity contribution in [3.05, 3.63) is 0 Å². The summed E-state index contributed by atoms with van der Waals surface area (Å²) in [4.78, 5) is 25.5. The van der Waals surface area contributed by atoms with Gasteiger partial charge in [0.15, 0.2) is 0 Å². The zero-order valence-corrected chi connectivity index (χ0v) is 11.2. The third kappa shape index (κ3) is 2.83. The summed E-state index contributed by atoms with van der Waals surface area (Å²) in [5.74, 6) is -0.0149. The van der Waals surface area contributed by atoms with E-state index in [2.05, 4.69) is 17.6 Å². The van der Waals surface area contributed by atoms with Crippen LogP contribution in [0.2, 0.25) is 0 Å². The molecule has 0 spiro atoms. The maximum Gasteiger partial charge on any atom is 0.225 e. The first-order valence-corrected chi connectivity index (χ1v) is 6.93. The Morgan fingerprint density at radius 3 is 2.94 bits per heavy atom. The third-order valence-electron chi connectivity index (χ3n) is 4.06. The summed E-state index contributed by atoms with van der Waals surface area (Å²) in [6.45, 7) is 6.35. The average molecular weight is 253 g/mol. The SMILES string of the molecule is CCN1CC(C(=O)NC2CCCNC2C)CC1=O. The highest BCUT2D eigenvalue weighted by molar-refractivity contribution is 5.89. The van der Waals surface area contributed by atoms with Crippen LogP contribution in [0.25, 0.3) is 0 Å². The maximum atomic E-state index is 12.1. The molecule has 2 heterocycles. The van der Waals surface area contributed by atoms with Crippen LogP contribution in [0, 0.1) is 5.92 Å². The fraction of sp³-hybridized carbons (Fsp3) is 0.846. The normalized spacial score (nSPS) is 32.7. The lowest BCUT2D eigenvalue weighted by atomic mass is 9.98. The van der Waals surface area contributed by atoms with E-state index in [1.165, 1.54) is 0 Å². The van der Waals surface area contributed by atoms with Gasteiger partial charge in [-0.3, -0.25) is 9.59 Å². The standard InChI is InChI=1S/C13H23N3O2/c1-3-16-8-10(7-12(16)17)13(18)15-11-5-4-6-14-9(11)2/h9-11,14H,3-8H2,1-2H3,(H,15,18). The van der Waals surface area contributed by atoms with Gasteiger partial charge in [-0.15, -0.1) is 0 Å². The summed E-state index contributed by atoms with van der Waals surface area (Å²) in [5.41, 5.74) is 0. The number of nitrogens with zero attached hydrogens (tertiary/aromatic N) is 1. The molecule has 0 radical (unpaired) electrons. The Hall–Kier alpha value is -1.10. The van der Waals surface area contributed by atoms with E-state index >= 15 is 0 Å². The molecule has 0 saturated carbocycles. The number of carbonyl (C=O) groups excluding carboxylic acids is 2. The molecule has 18 heavy (non-hydrogen) atoms. The molecule has 2 aliphatic rings. The molecule has 2 fully saturated rings. The second-order valence-corrected chi connectivity index (χ2v) is 5.33. The van der Waals surface area contributed by atoms with Crippen molar-refractivity contribution >= 4 is 11.8 Å². The molecule has 2 saturated heterocycles. The molecule has 0 aromatic rings. The Bertz CT molecular complexity index is 332. The van der Waals surface area contributed by atoms with Gasteiger partial charge in [-0.25, -0.2) is 0 Å². The van der Waals surface area contributed by atoms with Gasteiger partial charge in [-0.1, -0.05) is 0 Å². The number of likely N-dealkylation sites (tertiary alicyclic amines) is 1. The van der Waals surface area contributed by atoms with Gasteiger partial charge >= 0.3 is 0 Å². The van der Waals surface area contributed by atoms with Gasteiger partial charge in [0.1, 0.15) is 0 Å². The van der Waals surface area contributed by atoms with Gasteiger partial charge < -0.3 is 15.5 Å². The van der Waals surface area contributed by atoms with Crippen LogP contribution in [-0.4, -0.2) is 48.4 Å². The monoisotopic (exact) mass is 253 g/mol. The topological polar surface area (TPSA) is 61.4 Å². The van der Waals surface area contributed by atoms with Crippen LogP contribution < -0.4 is 10.6 Å². The Labute approximate surface area is 108 Å². The number of hydrogen-bond acceptors (Lipinski definition) is 3. The van der Waals surface area contributed by atoms with Crippen molar-refractivity contribution in [2.75, 3.05) is 19.6 Å². The van der Waals surface area contributed by atoms with E-state index in [9.17, 15) is 9.59 Å². The van der Waals surface area contributed by atoms with Crippen molar-refractivity contribution in [2.45, 2.75) is 45.2 Å². The minimum atomic E-state index is -0.161. The Morgan fingerprint density at radius 2 is 2.33 bits per heavy atom. The summed E-state index contributed by atoms with van der Waals surface area (Å²) >= 11 is 0. The first kappa shape index (κ1) is 13.3. The molecule has 2 N–H and O–H groups in total. The molecule has 102 valence electrons. The minimum absolute atomic E-state index is 0.0415. The molecule has 3 unspecified atom stereocenters. The molecule has 0 aromatic carbocycles. The van der Waals surface area contributed by atoms with Crippen LogP contribution in [0.4, 0.5) is 0 Å². The number of amides is 2. The van der Waals surface area contributed by atoms with Gasteiger partial charge in [0, 0.05) is 31.6 Å². The Kier molecular flexibility index (Phi) is 4.22. The molecule has 5 nitrogen and oxygen atoms in total. The summed E-state index contributed by atoms with van der Waals surface area (Å²) in [6.07, 6.45) is 2.49. The molecule has 0 bridgehead atoms. The summed E-state index contributed by atoms with van der Waals surface area (Å²) in [6, 6.07) is 0.527. The lowest BCUT2D eigenvalue weighted by Crippen LogP contribution is -2.53. The third-order valence-corrected chi connectivity index (χ3v) is 4.06. The fourth-order valence-electron chi connectivity index (χ4n) is 2.80. The van der Waals surface area contributed by atoms with E-state index < -0.39 is 0 Å². The van der Waals surface area contributed by atoms with E-state index in [1.54, 1.807) is 4.90 Å². The van der Waals surface area contributed by atoms with E-state index in [1.807, 2.05) is 6.92 Å². The Morgan fingerprint density at radius 1 is 1.56 bits per heavy atom. The highest BCUT2D eigenvalue weighted by Crippen LogP contribution is 2.18. The van der Waals surface area contributed by atoms with Crippen molar-refractivity contribution in [2.24, 2.45) is 5.92 Å². The van der Waals surface area contributed by atoms with Crippen LogP contribution in [0.5, 0.6) is 0 Å². The van der Waals surface area contributed by atoms with Crippen LogP contribution in [0.15, 0.2) is 0 Å². The zero-order chi connectivity index (χ0) is 13.1. The van der Waals surface area contributed by atoms with Crippen LogP contribution in [-0.2, 0) is 9.59 Å². The van der Waals surface area contributed by atoms with Crippen molar-refractivity contribution in [1.29, 1.82) is 0 Å². The van der Waals surface area contributed by atoms with Crippen molar-refractivity contribution < 1.29 is 9.59 Å². The largest absolute Gasteiger partial charge is 0.352 e. The minimum Gasteiger partial charge on any atom is -0.352 e. The molecular formula is C13H23N3O2. The molecule has 2 rings (SSSR count). The number of nitrogens with one attached hydrogen (secondary N) is 2. The number of rotatable bonds is 3. The number of piperidine rings is 1. The van der Waals surface area contributed by atoms with Crippen LogP contribution >= 0.6 is 0 Å². The highest BCUT2D eigenvalue weighted by atomic mass is 16.2. The molecule has 0 aromatic heterocycles. The predicted octanol–water partition coefficient (Wildman–Crippen LogP) is 0.112. The van der Waals surface area contributed by atoms with Gasteiger partial charge in [0.2, 0.25) is 11.8 Å². The summed E-state index contributed by atoms with van der Waals surface area (Å²) < 4.78 is 0. The molecule has 3 atom stereocenters. The van der Waals surface area contributed by atoms with Crippen LogP contribution in [0.1, 0.15) is 33.1 Å². The lowest BCUT2D eigenvalue weighted by molar-refractivity contribution is -0.129. The summed E-state index contributed by atoms with van der Waals surface area (Å²) in [5, 5.41) is 6.46. The first-order valence-electron chi connectivity index (χ1n) is 6.93. The quantitative estimate of drug-likeness (QED) is 0.750. The molecular weight excluding hydrogens is 230 g/mol. The van der Waals surface area contributed by atoms with E-state index in [-0.39, 0.29) is 23.8 Å². The van der Waals surface area contributed by atoms with E-state index in [4.69, 9.17) is 0 Å². The lowest BCUT2D eigenvalue weighted by Gasteiger charge is -2.31. The second kappa shape index (κ2) is 5.69. The summed E-state index contributed by atoms with van der Waals surface area (Å²) in [7, 11) is 0. The average Bonchev–Trinajstić information content (AvgIpc) is 2.73. The van der Waals surface area contributed by atoms with Crippen LogP contribution in [0.3, 0.4) is 0 Å². The molecule has 2 amide bonds. The van der Waals surface area contributed by atoms with E-state index in [0.717, 1.165) is 19.4 Å². The van der Waals surface area contributed by atoms with Gasteiger partial charge in [0.05, 0.1) is 5.92 Å². The fourth-order valence-corrected chi connectivity index (χ4v) is 2.80. The van der Waals surface area contributed by atoms with Crippen molar-refractivity contribution in [3.63, 3.8) is 0 Å². The molecule has 0 aliphatic carbocycles. The number of hydrogen-bond donors (Lipinski definition) is 2. The smallest absolute Gasteiger partial charge is 0.225 e. The number of carbonyl (C=O) groups is 2. The van der Waals surface area contributed by atoms with Gasteiger partial charge in [0.25, 0.3) is 0 Å². The molecule has 2 aliphatic heterocycles. The highest BCUT2D eigenvalue weighted by Gasteiger charge is 2.34. The van der Waals surface area contributed by atoms with Crippen molar-refractivity contribution in [3.8, 4) is 0 Å². The van der Waals surface area contributed by atoms with Crippen molar-refractivity contribution in [1.82, 2.24) is 15.5 Å². The second-order valence-electron chi connectivity index (χ2n) is 5.33. The van der Waals surface area contributed by atoms with Gasteiger partial charge in [-0.2, -0.15) is 0 Å². The van der Waals surface area contributed by atoms with E-state index in [0.29, 0.717) is 25.6 Å². The van der Waals surface area contributed by atoms with Gasteiger partial charge in [-0.05, 0) is 33.2 Å².